The summed E-state index contributed by atoms with van der Waals surface area (Å²) in [6, 6.07) is 17.1. The number of hydrogen-bond acceptors (Lipinski definition) is 6. The highest BCUT2D eigenvalue weighted by Gasteiger charge is 2.38. The van der Waals surface area contributed by atoms with Crippen molar-refractivity contribution in [3.63, 3.8) is 0 Å². The molecular weight excluding hydrogens is 458 g/mol. The fraction of sp³-hybridized carbons (Fsp3) is 0.167. The van der Waals surface area contributed by atoms with E-state index in [1.807, 2.05) is 6.07 Å². The van der Waals surface area contributed by atoms with Gasteiger partial charge in [-0.05, 0) is 41.5 Å². The molecule has 0 radical (unpaired) electrons. The first-order valence-corrected chi connectivity index (χ1v) is 11.8. The Balaban J connectivity index is 1.79. The van der Waals surface area contributed by atoms with E-state index in [0.29, 0.717) is 28.3 Å². The van der Waals surface area contributed by atoms with Crippen molar-refractivity contribution in [2.75, 3.05) is 24.4 Å². The van der Waals surface area contributed by atoms with Crippen LogP contribution in [-0.2, 0) is 26.0 Å². The van der Waals surface area contributed by atoms with Crippen LogP contribution >= 0.6 is 0 Å². The van der Waals surface area contributed by atoms with Gasteiger partial charge in [-0.3, -0.25) is 14.5 Å². The van der Waals surface area contributed by atoms with Gasteiger partial charge in [0, 0.05) is 0 Å². The van der Waals surface area contributed by atoms with Crippen LogP contribution < -0.4 is 24.8 Å². The summed E-state index contributed by atoms with van der Waals surface area (Å²) in [5, 5.41) is 7.96. The Kier molecular flexibility index (Phi) is 6.27. The number of amides is 2. The first-order valence-electron chi connectivity index (χ1n) is 10.3. The molecule has 3 aromatic carbocycles. The largest absolute Gasteiger partial charge is 0.493 e. The SMILES string of the molecule is COc1ccc(CC(=O)N2c3ccc(S(N)(=O)=O)cc3NC(=O)C2c2ccccc2)cc1OC. The number of primary sulfonamides is 1. The molecule has 0 fully saturated rings. The standard InChI is InChI=1S/C24H23N3O6S/c1-32-20-11-8-15(12-21(20)33-2)13-22(28)27-19-10-9-17(34(25,30)31)14-18(19)26-24(29)23(27)16-6-4-3-5-7-16/h3-12,14,23H,13H2,1-2H3,(H,26,29)(H2,25,30,31). The van der Waals surface area contributed by atoms with E-state index < -0.39 is 22.0 Å². The van der Waals surface area contributed by atoms with Gasteiger partial charge in [0.2, 0.25) is 15.9 Å². The van der Waals surface area contributed by atoms with E-state index in [4.69, 9.17) is 14.6 Å². The Labute approximate surface area is 197 Å². The maximum atomic E-state index is 13.6. The summed E-state index contributed by atoms with van der Waals surface area (Å²) in [7, 11) is -0.977. The lowest BCUT2D eigenvalue weighted by atomic mass is 9.98. The Bertz CT molecular complexity index is 1360. The van der Waals surface area contributed by atoms with Crippen LogP contribution in [0.1, 0.15) is 17.2 Å². The van der Waals surface area contributed by atoms with Crippen molar-refractivity contribution in [1.82, 2.24) is 0 Å². The van der Waals surface area contributed by atoms with Gasteiger partial charge in [0.05, 0.1) is 36.9 Å². The van der Waals surface area contributed by atoms with E-state index in [-0.39, 0.29) is 22.9 Å². The first kappa shape index (κ1) is 23.3. The topological polar surface area (TPSA) is 128 Å². The minimum absolute atomic E-state index is 0.0344. The van der Waals surface area contributed by atoms with Crippen LogP contribution in [0.4, 0.5) is 11.4 Å². The molecule has 9 nitrogen and oxygen atoms in total. The molecule has 1 aliphatic heterocycles. The van der Waals surface area contributed by atoms with Gasteiger partial charge >= 0.3 is 0 Å². The lowest BCUT2D eigenvalue weighted by Gasteiger charge is -2.37. The average molecular weight is 482 g/mol. The van der Waals surface area contributed by atoms with Gasteiger partial charge in [0.1, 0.15) is 6.04 Å². The number of nitrogens with one attached hydrogen (secondary N) is 1. The number of carbonyl (C=O) groups is 2. The Morgan fingerprint density at radius 2 is 1.71 bits per heavy atom. The van der Waals surface area contributed by atoms with Crippen molar-refractivity contribution in [3.8, 4) is 11.5 Å². The quantitative estimate of drug-likeness (QED) is 0.557. The molecule has 1 atom stereocenters. The van der Waals surface area contributed by atoms with Gasteiger partial charge in [-0.25, -0.2) is 13.6 Å². The normalized spacial score (nSPS) is 15.3. The van der Waals surface area contributed by atoms with Crippen molar-refractivity contribution in [2.24, 2.45) is 5.14 Å². The molecule has 1 heterocycles. The van der Waals surface area contributed by atoms with E-state index in [2.05, 4.69) is 5.32 Å². The minimum atomic E-state index is -4.00. The molecule has 0 aliphatic carbocycles. The maximum Gasteiger partial charge on any atom is 0.252 e. The van der Waals surface area contributed by atoms with Crippen LogP contribution in [-0.4, -0.2) is 34.5 Å². The molecule has 0 bridgehead atoms. The van der Waals surface area contributed by atoms with Crippen LogP contribution in [0, 0.1) is 0 Å². The number of methoxy groups -OCH3 is 2. The van der Waals surface area contributed by atoms with Gasteiger partial charge in [-0.2, -0.15) is 0 Å². The van der Waals surface area contributed by atoms with Crippen LogP contribution in [0.5, 0.6) is 11.5 Å². The van der Waals surface area contributed by atoms with Gasteiger partial charge < -0.3 is 14.8 Å². The highest BCUT2D eigenvalue weighted by molar-refractivity contribution is 7.89. The number of anilines is 2. The molecule has 1 unspecified atom stereocenters. The number of benzene rings is 3. The molecule has 176 valence electrons. The molecule has 1 aliphatic rings. The summed E-state index contributed by atoms with van der Waals surface area (Å²) in [6.07, 6.45) is -0.0344. The monoisotopic (exact) mass is 481 g/mol. The molecule has 2 amide bonds. The molecule has 0 aromatic heterocycles. The Morgan fingerprint density at radius 3 is 2.35 bits per heavy atom. The summed E-state index contributed by atoms with van der Waals surface area (Å²) in [6.45, 7) is 0. The molecule has 0 spiro atoms. The summed E-state index contributed by atoms with van der Waals surface area (Å²) in [4.78, 5) is 28.0. The third-order valence-electron chi connectivity index (χ3n) is 5.51. The molecule has 3 N–H and O–H groups in total. The summed E-state index contributed by atoms with van der Waals surface area (Å²) < 4.78 is 34.2. The number of nitrogens with zero attached hydrogens (tertiary/aromatic N) is 1. The summed E-state index contributed by atoms with van der Waals surface area (Å²) in [5.41, 5.74) is 1.82. The van der Waals surface area contributed by atoms with Gasteiger partial charge in [0.15, 0.2) is 11.5 Å². The smallest absolute Gasteiger partial charge is 0.252 e. The lowest BCUT2D eigenvalue weighted by Crippen LogP contribution is -2.45. The third kappa shape index (κ3) is 4.45. The zero-order valence-corrected chi connectivity index (χ0v) is 19.3. The first-order chi connectivity index (χ1) is 16.2. The number of ether oxygens (including phenoxy) is 2. The number of nitrogens with two attached hydrogens (primary N) is 1. The maximum absolute atomic E-state index is 13.6. The number of hydrogen-bond donors (Lipinski definition) is 2. The van der Waals surface area contributed by atoms with Gasteiger partial charge in [-0.1, -0.05) is 36.4 Å². The highest BCUT2D eigenvalue weighted by Crippen LogP contribution is 2.40. The van der Waals surface area contributed by atoms with E-state index in [0.717, 1.165) is 0 Å². The fourth-order valence-electron chi connectivity index (χ4n) is 3.92. The average Bonchev–Trinajstić information content (AvgIpc) is 2.82. The third-order valence-corrected chi connectivity index (χ3v) is 6.42. The predicted octanol–water partition coefficient (Wildman–Crippen LogP) is 2.62. The van der Waals surface area contributed by atoms with E-state index in [1.165, 1.54) is 37.3 Å². The second kappa shape index (κ2) is 9.16. The van der Waals surface area contributed by atoms with Crippen molar-refractivity contribution in [2.45, 2.75) is 17.4 Å². The Morgan fingerprint density at radius 1 is 1.00 bits per heavy atom. The van der Waals surface area contributed by atoms with E-state index >= 15 is 0 Å². The second-order valence-corrected chi connectivity index (χ2v) is 9.22. The van der Waals surface area contributed by atoms with Crippen molar-refractivity contribution >= 4 is 33.2 Å². The Hall–Kier alpha value is -3.89. The van der Waals surface area contributed by atoms with Crippen molar-refractivity contribution in [1.29, 1.82) is 0 Å². The van der Waals surface area contributed by atoms with Gasteiger partial charge in [0.25, 0.3) is 5.91 Å². The van der Waals surface area contributed by atoms with Gasteiger partial charge in [-0.15, -0.1) is 0 Å². The van der Waals surface area contributed by atoms with E-state index in [1.54, 1.807) is 42.5 Å². The molecule has 10 heteroatoms. The zero-order chi connectivity index (χ0) is 24.5. The predicted molar refractivity (Wildman–Crippen MR) is 126 cm³/mol. The molecule has 0 saturated carbocycles. The fourth-order valence-corrected chi connectivity index (χ4v) is 4.46. The van der Waals surface area contributed by atoms with E-state index in [9.17, 15) is 18.0 Å². The molecule has 4 rings (SSSR count). The van der Waals surface area contributed by atoms with Crippen molar-refractivity contribution in [3.05, 3.63) is 77.9 Å². The number of sulfonamides is 1. The van der Waals surface area contributed by atoms with Crippen LogP contribution in [0.2, 0.25) is 0 Å². The van der Waals surface area contributed by atoms with Crippen LogP contribution in [0.3, 0.4) is 0 Å². The molecular formula is C24H23N3O6S. The molecule has 34 heavy (non-hydrogen) atoms. The lowest BCUT2D eigenvalue weighted by molar-refractivity contribution is -0.123. The number of carbonyl (C=O) groups excluding carboxylic acids is 2. The molecule has 0 saturated heterocycles. The van der Waals surface area contributed by atoms with Crippen LogP contribution in [0.15, 0.2) is 71.6 Å². The summed E-state index contributed by atoms with van der Waals surface area (Å²) >= 11 is 0. The summed E-state index contributed by atoms with van der Waals surface area (Å²) in [5.74, 6) is 0.174. The highest BCUT2D eigenvalue weighted by atomic mass is 32.2. The molecule has 3 aromatic rings. The minimum Gasteiger partial charge on any atom is -0.493 e. The second-order valence-electron chi connectivity index (χ2n) is 7.66. The van der Waals surface area contributed by atoms with Crippen LogP contribution in [0.25, 0.3) is 0 Å². The number of rotatable bonds is 6. The number of fused-ring (bicyclic) bond motifs is 1. The zero-order valence-electron chi connectivity index (χ0n) is 18.5. The van der Waals surface area contributed by atoms with Crippen molar-refractivity contribution < 1.29 is 27.5 Å².